The Morgan fingerprint density at radius 1 is 1.30 bits per heavy atom. The molecular weight excluding hydrogens is 252 g/mol. The van der Waals surface area contributed by atoms with Crippen molar-refractivity contribution in [3.8, 4) is 0 Å². The van der Waals surface area contributed by atoms with Crippen molar-refractivity contribution in [1.29, 1.82) is 0 Å². The first-order valence-corrected chi connectivity index (χ1v) is 7.27. The van der Waals surface area contributed by atoms with Gasteiger partial charge in [0.25, 0.3) is 5.91 Å². The largest absolute Gasteiger partial charge is 0.317 e. The van der Waals surface area contributed by atoms with Crippen LogP contribution in [-0.4, -0.2) is 36.3 Å². The highest BCUT2D eigenvalue weighted by Gasteiger charge is 2.29. The number of carbonyl (C=O) groups excluding carboxylic acids is 2. The number of nitrogens with one attached hydrogen (secondary N) is 1. The predicted molar refractivity (Wildman–Crippen MR) is 78.6 cm³/mol. The molecule has 0 bridgehead atoms. The van der Waals surface area contributed by atoms with Crippen molar-refractivity contribution < 1.29 is 9.59 Å². The molecule has 20 heavy (non-hydrogen) atoms. The first kappa shape index (κ1) is 14.7. The molecule has 0 radical (unpaired) electrons. The van der Waals surface area contributed by atoms with Gasteiger partial charge >= 0.3 is 0 Å². The second-order valence-electron chi connectivity index (χ2n) is 5.22. The second kappa shape index (κ2) is 6.66. The summed E-state index contributed by atoms with van der Waals surface area (Å²) >= 11 is 0. The second-order valence-corrected chi connectivity index (χ2v) is 5.22. The van der Waals surface area contributed by atoms with Gasteiger partial charge in [-0.15, -0.1) is 0 Å². The molecule has 0 aliphatic carbocycles. The van der Waals surface area contributed by atoms with E-state index in [4.69, 9.17) is 0 Å². The molecule has 1 atom stereocenters. The molecule has 108 valence electrons. The van der Waals surface area contributed by atoms with Gasteiger partial charge in [0.1, 0.15) is 0 Å². The molecule has 4 nitrogen and oxygen atoms in total. The van der Waals surface area contributed by atoms with Gasteiger partial charge in [0.05, 0.1) is 6.42 Å². The van der Waals surface area contributed by atoms with Gasteiger partial charge < -0.3 is 5.32 Å². The van der Waals surface area contributed by atoms with Crippen molar-refractivity contribution in [2.45, 2.75) is 38.6 Å². The van der Waals surface area contributed by atoms with Crippen LogP contribution in [0, 0.1) is 0 Å². The molecule has 4 heteroatoms. The van der Waals surface area contributed by atoms with Crippen LogP contribution < -0.4 is 5.32 Å². The van der Waals surface area contributed by atoms with E-state index in [1.54, 1.807) is 6.07 Å². The number of rotatable bonds is 6. The summed E-state index contributed by atoms with van der Waals surface area (Å²) < 4.78 is 0. The minimum atomic E-state index is -0.144. The third-order valence-electron chi connectivity index (χ3n) is 3.97. The van der Waals surface area contributed by atoms with Gasteiger partial charge in [-0.1, -0.05) is 25.1 Å². The molecule has 0 fully saturated rings. The zero-order valence-corrected chi connectivity index (χ0v) is 12.2. The maximum absolute atomic E-state index is 12.3. The quantitative estimate of drug-likeness (QED) is 0.807. The summed E-state index contributed by atoms with van der Waals surface area (Å²) in [5.74, 6) is -0.222. The zero-order valence-electron chi connectivity index (χ0n) is 12.2. The summed E-state index contributed by atoms with van der Waals surface area (Å²) in [4.78, 5) is 25.8. The molecule has 1 heterocycles. The summed E-state index contributed by atoms with van der Waals surface area (Å²) in [6.07, 6.45) is 3.22. The first-order chi connectivity index (χ1) is 9.67. The minimum Gasteiger partial charge on any atom is -0.317 e. The van der Waals surface area contributed by atoms with E-state index in [-0.39, 0.29) is 11.8 Å². The highest BCUT2D eigenvalue weighted by atomic mass is 16.2. The van der Waals surface area contributed by atoms with E-state index in [0.717, 1.165) is 24.8 Å². The van der Waals surface area contributed by atoms with Gasteiger partial charge in [-0.05, 0) is 37.9 Å². The average molecular weight is 274 g/mol. The Hall–Kier alpha value is -1.68. The van der Waals surface area contributed by atoms with E-state index in [1.165, 1.54) is 4.90 Å². The minimum absolute atomic E-state index is 0.0776. The first-order valence-electron chi connectivity index (χ1n) is 7.27. The molecule has 1 aromatic rings. The fourth-order valence-electron chi connectivity index (χ4n) is 2.67. The lowest BCUT2D eigenvalue weighted by atomic mass is 9.98. The average Bonchev–Trinajstić information content (AvgIpc) is 2.46. The molecule has 0 saturated carbocycles. The van der Waals surface area contributed by atoms with Crippen LogP contribution in [0.5, 0.6) is 0 Å². The van der Waals surface area contributed by atoms with Gasteiger partial charge in [0.2, 0.25) is 5.91 Å². The zero-order chi connectivity index (χ0) is 14.5. The van der Waals surface area contributed by atoms with Crippen molar-refractivity contribution in [2.24, 2.45) is 0 Å². The van der Waals surface area contributed by atoms with Crippen LogP contribution in [0.3, 0.4) is 0 Å². The lowest BCUT2D eigenvalue weighted by molar-refractivity contribution is -0.128. The highest BCUT2D eigenvalue weighted by Crippen LogP contribution is 2.20. The number of hydrogen-bond donors (Lipinski definition) is 1. The molecule has 0 aromatic heterocycles. The number of imide groups is 1. The van der Waals surface area contributed by atoms with Crippen LogP contribution >= 0.6 is 0 Å². The van der Waals surface area contributed by atoms with Crippen LogP contribution in [0.2, 0.25) is 0 Å². The fraction of sp³-hybridized carbons (Fsp3) is 0.500. The standard InChI is InChI=1S/C16H22N2O2/c1-3-13(17-2)8-6-10-18-15(19)11-12-7-4-5-9-14(12)16(18)20/h4-5,7,9,13,17H,3,6,8,10-11H2,1-2H3. The summed E-state index contributed by atoms with van der Waals surface area (Å²) in [6.45, 7) is 2.65. The molecule has 1 N–H and O–H groups in total. The number of benzene rings is 1. The summed E-state index contributed by atoms with van der Waals surface area (Å²) in [7, 11) is 1.95. The lowest BCUT2D eigenvalue weighted by Gasteiger charge is -2.27. The third kappa shape index (κ3) is 3.07. The van der Waals surface area contributed by atoms with E-state index >= 15 is 0 Å². The fourth-order valence-corrected chi connectivity index (χ4v) is 2.67. The van der Waals surface area contributed by atoms with Crippen molar-refractivity contribution in [3.63, 3.8) is 0 Å². The number of carbonyl (C=O) groups is 2. The topological polar surface area (TPSA) is 49.4 Å². The Balaban J connectivity index is 1.99. The number of nitrogens with zero attached hydrogens (tertiary/aromatic N) is 1. The van der Waals surface area contributed by atoms with E-state index < -0.39 is 0 Å². The summed E-state index contributed by atoms with van der Waals surface area (Å²) in [6, 6.07) is 7.83. The Morgan fingerprint density at radius 2 is 2.05 bits per heavy atom. The Labute approximate surface area is 120 Å². The molecule has 0 saturated heterocycles. The van der Waals surface area contributed by atoms with Gasteiger partial charge in [-0.25, -0.2) is 0 Å². The van der Waals surface area contributed by atoms with Crippen molar-refractivity contribution in [2.75, 3.05) is 13.6 Å². The van der Waals surface area contributed by atoms with Crippen LogP contribution in [0.4, 0.5) is 0 Å². The van der Waals surface area contributed by atoms with Crippen molar-refractivity contribution in [3.05, 3.63) is 35.4 Å². The van der Waals surface area contributed by atoms with Crippen molar-refractivity contribution >= 4 is 11.8 Å². The van der Waals surface area contributed by atoms with E-state index in [1.807, 2.05) is 25.2 Å². The maximum Gasteiger partial charge on any atom is 0.260 e. The van der Waals surface area contributed by atoms with Crippen molar-refractivity contribution in [1.82, 2.24) is 10.2 Å². The Morgan fingerprint density at radius 3 is 2.75 bits per heavy atom. The number of fused-ring (bicyclic) bond motifs is 1. The third-order valence-corrected chi connectivity index (χ3v) is 3.97. The Kier molecular flexibility index (Phi) is 4.90. The molecule has 2 amide bonds. The van der Waals surface area contributed by atoms with E-state index in [2.05, 4.69) is 12.2 Å². The van der Waals surface area contributed by atoms with Crippen LogP contribution in [0.1, 0.15) is 42.1 Å². The molecular formula is C16H22N2O2. The molecule has 1 aliphatic rings. The van der Waals surface area contributed by atoms with Crippen LogP contribution in [0.25, 0.3) is 0 Å². The van der Waals surface area contributed by atoms with E-state index in [9.17, 15) is 9.59 Å². The molecule has 0 spiro atoms. The molecule has 1 aliphatic heterocycles. The molecule has 1 unspecified atom stereocenters. The Bertz CT molecular complexity index is 495. The summed E-state index contributed by atoms with van der Waals surface area (Å²) in [5, 5.41) is 3.24. The van der Waals surface area contributed by atoms with Gasteiger partial charge in [0, 0.05) is 18.2 Å². The predicted octanol–water partition coefficient (Wildman–Crippen LogP) is 1.99. The van der Waals surface area contributed by atoms with Gasteiger partial charge in [-0.2, -0.15) is 0 Å². The van der Waals surface area contributed by atoms with Gasteiger partial charge in [-0.3, -0.25) is 14.5 Å². The maximum atomic E-state index is 12.3. The van der Waals surface area contributed by atoms with Crippen LogP contribution in [0.15, 0.2) is 24.3 Å². The normalized spacial score (nSPS) is 16.2. The monoisotopic (exact) mass is 274 g/mol. The molecule has 1 aromatic carbocycles. The highest BCUT2D eigenvalue weighted by molar-refractivity contribution is 6.09. The number of amides is 2. The SMILES string of the molecule is CCC(CCCN1C(=O)Cc2ccccc2C1=O)NC. The van der Waals surface area contributed by atoms with Gasteiger partial charge in [0.15, 0.2) is 0 Å². The smallest absolute Gasteiger partial charge is 0.260 e. The summed E-state index contributed by atoms with van der Waals surface area (Å²) in [5.41, 5.74) is 1.52. The number of hydrogen-bond acceptors (Lipinski definition) is 3. The van der Waals surface area contributed by atoms with E-state index in [0.29, 0.717) is 24.6 Å². The lowest BCUT2D eigenvalue weighted by Crippen LogP contribution is -2.43. The van der Waals surface area contributed by atoms with Crippen LogP contribution in [-0.2, 0) is 11.2 Å². The molecule has 2 rings (SSSR count).